The van der Waals surface area contributed by atoms with E-state index in [1.807, 2.05) is 6.07 Å². The summed E-state index contributed by atoms with van der Waals surface area (Å²) < 4.78 is 9.71. The van der Waals surface area contributed by atoms with Crippen LogP contribution in [-0.4, -0.2) is 25.8 Å². The van der Waals surface area contributed by atoms with Crippen molar-refractivity contribution in [3.8, 4) is 6.07 Å². The van der Waals surface area contributed by atoms with Crippen LogP contribution in [0.2, 0.25) is 0 Å². The third-order valence-corrected chi connectivity index (χ3v) is 1.17. The van der Waals surface area contributed by atoms with Gasteiger partial charge < -0.3 is 9.47 Å². The third kappa shape index (κ3) is 7.04. The molecule has 13 heavy (non-hydrogen) atoms. The highest BCUT2D eigenvalue weighted by atomic mass is 16.6. The highest BCUT2D eigenvalue weighted by molar-refractivity contribution is 5.86. The molecule has 0 aliphatic carbocycles. The van der Waals surface area contributed by atoms with Gasteiger partial charge in [0.05, 0.1) is 25.7 Å². The van der Waals surface area contributed by atoms with Gasteiger partial charge in [0, 0.05) is 5.57 Å². The van der Waals surface area contributed by atoms with Gasteiger partial charge in [-0.05, 0) is 6.92 Å². The molecule has 72 valence electrons. The predicted molar refractivity (Wildman–Crippen MR) is 46.8 cm³/mol. The van der Waals surface area contributed by atoms with Gasteiger partial charge in [0.1, 0.15) is 6.61 Å². The lowest BCUT2D eigenvalue weighted by Crippen LogP contribution is -2.11. The normalized spacial score (nSPS) is 8.92. The van der Waals surface area contributed by atoms with Gasteiger partial charge in [-0.3, -0.25) is 0 Å². The average molecular weight is 183 g/mol. The fraction of sp³-hybridized carbons (Fsp3) is 0.556. The molecule has 0 saturated heterocycles. The van der Waals surface area contributed by atoms with E-state index in [1.54, 1.807) is 6.92 Å². The molecule has 0 aromatic rings. The smallest absolute Gasteiger partial charge is 0.333 e. The highest BCUT2D eigenvalue weighted by Crippen LogP contribution is 1.91. The minimum atomic E-state index is -0.413. The summed E-state index contributed by atoms with van der Waals surface area (Å²) in [6.45, 7) is 5.91. The summed E-state index contributed by atoms with van der Waals surface area (Å²) in [7, 11) is 0. The maximum absolute atomic E-state index is 10.8. The minimum absolute atomic E-state index is 0.205. The average Bonchev–Trinajstić information content (AvgIpc) is 2.10. The van der Waals surface area contributed by atoms with Crippen LogP contribution in [0, 0.1) is 11.3 Å². The Morgan fingerprint density at radius 3 is 2.69 bits per heavy atom. The minimum Gasteiger partial charge on any atom is -0.460 e. The zero-order chi connectivity index (χ0) is 10.1. The van der Waals surface area contributed by atoms with E-state index in [-0.39, 0.29) is 6.61 Å². The van der Waals surface area contributed by atoms with E-state index < -0.39 is 5.97 Å². The Balaban J connectivity index is 3.22. The number of carbonyl (C=O) groups excluding carboxylic acids is 1. The first-order valence-electron chi connectivity index (χ1n) is 3.95. The van der Waals surface area contributed by atoms with E-state index in [0.717, 1.165) is 0 Å². The van der Waals surface area contributed by atoms with E-state index in [4.69, 9.17) is 14.7 Å². The summed E-state index contributed by atoms with van der Waals surface area (Å²) in [4.78, 5) is 10.8. The van der Waals surface area contributed by atoms with E-state index >= 15 is 0 Å². The second-order valence-electron chi connectivity index (χ2n) is 2.44. The van der Waals surface area contributed by atoms with Crippen LogP contribution in [0.4, 0.5) is 0 Å². The van der Waals surface area contributed by atoms with Crippen molar-refractivity contribution in [3.05, 3.63) is 12.2 Å². The Labute approximate surface area is 77.8 Å². The lowest BCUT2D eigenvalue weighted by molar-refractivity contribution is -0.140. The summed E-state index contributed by atoms with van der Waals surface area (Å²) in [5.41, 5.74) is 0.372. The Morgan fingerprint density at radius 2 is 2.15 bits per heavy atom. The SMILES string of the molecule is C=C(C)C(=O)OCCOCCC#N. The molecule has 4 heteroatoms. The maximum atomic E-state index is 10.8. The zero-order valence-corrected chi connectivity index (χ0v) is 7.71. The van der Waals surface area contributed by atoms with Crippen LogP contribution < -0.4 is 0 Å². The number of nitriles is 1. The van der Waals surface area contributed by atoms with Gasteiger partial charge in [-0.1, -0.05) is 6.58 Å². The van der Waals surface area contributed by atoms with Crippen molar-refractivity contribution in [2.24, 2.45) is 0 Å². The Bertz CT molecular complexity index is 217. The van der Waals surface area contributed by atoms with Crippen molar-refractivity contribution in [1.82, 2.24) is 0 Å². The molecule has 0 radical (unpaired) electrons. The van der Waals surface area contributed by atoms with E-state index in [1.165, 1.54) is 0 Å². The van der Waals surface area contributed by atoms with Gasteiger partial charge in [-0.15, -0.1) is 0 Å². The molecule has 0 bridgehead atoms. The second kappa shape index (κ2) is 7.32. The molecular formula is C9H13NO3. The molecule has 0 unspecified atom stereocenters. The van der Waals surface area contributed by atoms with E-state index in [2.05, 4.69) is 6.58 Å². The first-order chi connectivity index (χ1) is 6.18. The molecule has 0 saturated carbocycles. The van der Waals surface area contributed by atoms with Crippen LogP contribution in [0.25, 0.3) is 0 Å². The quantitative estimate of drug-likeness (QED) is 0.350. The molecule has 0 heterocycles. The summed E-state index contributed by atoms with van der Waals surface area (Å²) in [5.74, 6) is -0.413. The summed E-state index contributed by atoms with van der Waals surface area (Å²) in [5, 5.41) is 8.16. The number of nitrogens with zero attached hydrogens (tertiary/aromatic N) is 1. The molecule has 0 fully saturated rings. The monoisotopic (exact) mass is 183 g/mol. The lowest BCUT2D eigenvalue weighted by Gasteiger charge is -2.03. The van der Waals surface area contributed by atoms with Gasteiger partial charge in [0.2, 0.25) is 0 Å². The summed E-state index contributed by atoms with van der Waals surface area (Å²) in [6.07, 6.45) is 0.356. The second-order valence-corrected chi connectivity index (χ2v) is 2.44. The molecule has 0 rings (SSSR count). The third-order valence-electron chi connectivity index (χ3n) is 1.17. The van der Waals surface area contributed by atoms with Gasteiger partial charge >= 0.3 is 5.97 Å². The van der Waals surface area contributed by atoms with Gasteiger partial charge in [0.15, 0.2) is 0 Å². The van der Waals surface area contributed by atoms with Crippen molar-refractivity contribution in [3.63, 3.8) is 0 Å². The largest absolute Gasteiger partial charge is 0.460 e. The van der Waals surface area contributed by atoms with Crippen LogP contribution in [0.5, 0.6) is 0 Å². The topological polar surface area (TPSA) is 59.3 Å². The van der Waals surface area contributed by atoms with Crippen LogP contribution in [0.3, 0.4) is 0 Å². The summed E-state index contributed by atoms with van der Waals surface area (Å²) in [6, 6.07) is 1.94. The number of esters is 1. The Hall–Kier alpha value is -1.34. The van der Waals surface area contributed by atoms with Crippen LogP contribution >= 0.6 is 0 Å². The Kier molecular flexibility index (Phi) is 6.56. The molecule has 0 aliphatic rings. The fourth-order valence-corrected chi connectivity index (χ4v) is 0.536. The molecule has 0 amide bonds. The fourth-order valence-electron chi connectivity index (χ4n) is 0.536. The van der Waals surface area contributed by atoms with Gasteiger partial charge in [-0.2, -0.15) is 5.26 Å². The van der Waals surface area contributed by atoms with E-state index in [9.17, 15) is 4.79 Å². The van der Waals surface area contributed by atoms with Crippen molar-refractivity contribution < 1.29 is 14.3 Å². The van der Waals surface area contributed by atoms with Crippen molar-refractivity contribution in [2.75, 3.05) is 19.8 Å². The highest BCUT2D eigenvalue weighted by Gasteiger charge is 2.01. The molecular weight excluding hydrogens is 170 g/mol. The van der Waals surface area contributed by atoms with Crippen molar-refractivity contribution in [2.45, 2.75) is 13.3 Å². The number of rotatable bonds is 6. The van der Waals surface area contributed by atoms with Crippen molar-refractivity contribution >= 4 is 5.97 Å². The number of hydrogen-bond donors (Lipinski definition) is 0. The predicted octanol–water partition coefficient (Wildman–Crippen LogP) is 1.04. The zero-order valence-electron chi connectivity index (χ0n) is 7.71. The number of hydrogen-bond acceptors (Lipinski definition) is 4. The van der Waals surface area contributed by atoms with Gasteiger partial charge in [-0.25, -0.2) is 4.79 Å². The first-order valence-corrected chi connectivity index (χ1v) is 3.95. The molecule has 0 atom stereocenters. The van der Waals surface area contributed by atoms with Crippen LogP contribution in [-0.2, 0) is 14.3 Å². The lowest BCUT2D eigenvalue weighted by atomic mass is 10.4. The van der Waals surface area contributed by atoms with Gasteiger partial charge in [0.25, 0.3) is 0 Å². The molecule has 0 N–H and O–H groups in total. The molecule has 0 spiro atoms. The van der Waals surface area contributed by atoms with E-state index in [0.29, 0.717) is 25.2 Å². The number of carbonyl (C=O) groups is 1. The molecule has 0 aromatic carbocycles. The first kappa shape index (κ1) is 11.7. The summed E-state index contributed by atoms with van der Waals surface area (Å²) >= 11 is 0. The van der Waals surface area contributed by atoms with Crippen molar-refractivity contribution in [1.29, 1.82) is 5.26 Å². The standard InChI is InChI=1S/C9H13NO3/c1-8(2)9(11)13-7-6-12-5-3-4-10/h1,3,5-7H2,2H3. The molecule has 0 aromatic heterocycles. The molecule has 4 nitrogen and oxygen atoms in total. The Morgan fingerprint density at radius 1 is 1.46 bits per heavy atom. The maximum Gasteiger partial charge on any atom is 0.333 e. The number of ether oxygens (including phenoxy) is 2. The molecule has 0 aliphatic heterocycles. The van der Waals surface area contributed by atoms with Crippen LogP contribution in [0.15, 0.2) is 12.2 Å². The van der Waals surface area contributed by atoms with Crippen LogP contribution in [0.1, 0.15) is 13.3 Å².